The monoisotopic (exact) mass is 592 g/mol. The van der Waals surface area contributed by atoms with Gasteiger partial charge in [-0.15, -0.1) is 0 Å². The van der Waals surface area contributed by atoms with E-state index in [1.807, 2.05) is 0 Å². The molecule has 1 atom stereocenters. The van der Waals surface area contributed by atoms with E-state index in [0.29, 0.717) is 22.2 Å². The van der Waals surface area contributed by atoms with E-state index < -0.39 is 46.1 Å². The molecular weight excluding hydrogens is 564 g/mol. The van der Waals surface area contributed by atoms with E-state index in [2.05, 4.69) is 10.4 Å². The van der Waals surface area contributed by atoms with Crippen molar-refractivity contribution in [1.82, 2.24) is 19.7 Å². The van der Waals surface area contributed by atoms with Gasteiger partial charge in [-0.3, -0.25) is 9.48 Å². The topological polar surface area (TPSA) is 106 Å². The summed E-state index contributed by atoms with van der Waals surface area (Å²) in [6.45, 7) is 2.28. The third kappa shape index (κ3) is 5.73. The molecule has 8 nitrogen and oxygen atoms in total. The average Bonchev–Trinajstić information content (AvgIpc) is 3.59. The average molecular weight is 593 g/mol. The summed E-state index contributed by atoms with van der Waals surface area (Å²) < 4.78 is 82.9. The van der Waals surface area contributed by atoms with Crippen molar-refractivity contribution in [2.75, 3.05) is 12.4 Å². The molecule has 218 valence electrons. The van der Waals surface area contributed by atoms with Gasteiger partial charge in [0.2, 0.25) is 0 Å². The molecule has 0 aliphatic heterocycles. The van der Waals surface area contributed by atoms with Crippen LogP contribution in [0.25, 0.3) is 10.9 Å². The van der Waals surface area contributed by atoms with Gasteiger partial charge in [-0.25, -0.2) is 12.8 Å². The van der Waals surface area contributed by atoms with Crippen molar-refractivity contribution in [3.05, 3.63) is 82.6 Å². The molecule has 0 bridgehead atoms. The highest BCUT2D eigenvalue weighted by Gasteiger charge is 2.36. The number of benzene rings is 2. The minimum absolute atomic E-state index is 0.00540. The minimum atomic E-state index is -4.59. The first-order chi connectivity index (χ1) is 19.3. The normalized spacial score (nSPS) is 14.9. The Hall–Kier alpha value is -3.71. The SMILES string of the molecule is CCS(=O)(=O)c1ccc(C(CO)NC(=O)c2cc3cc(Cn4nc(C)cc4C(F)(F)F)n(C4CC4)c3cc2F)cc1. The number of alkyl halides is 3. The number of hydrogen-bond acceptors (Lipinski definition) is 5. The number of halogens is 4. The zero-order valence-corrected chi connectivity index (χ0v) is 23.1. The Kier molecular flexibility index (Phi) is 7.45. The lowest BCUT2D eigenvalue weighted by Gasteiger charge is -2.18. The standard InChI is InChI=1S/C28H28F4N4O4S/c1-3-41(39,40)21-8-4-17(5-9-21)24(15-37)33-27(38)22-12-18-11-20(36(19-6-7-19)25(18)13-23(22)29)14-35-26(28(30,31)32)10-16(2)34-35/h4-5,8-13,19,24,37H,3,6-7,14-15H2,1-2H3,(H,33,38). The van der Waals surface area contributed by atoms with E-state index in [1.165, 1.54) is 50.2 Å². The third-order valence-corrected chi connectivity index (χ3v) is 8.93. The van der Waals surface area contributed by atoms with Gasteiger partial charge in [0, 0.05) is 17.1 Å². The predicted octanol–water partition coefficient (Wildman–Crippen LogP) is 4.94. The molecule has 2 aromatic heterocycles. The highest BCUT2D eigenvalue weighted by Crippen LogP contribution is 2.41. The largest absolute Gasteiger partial charge is 0.433 e. The molecular formula is C28H28F4N4O4S. The van der Waals surface area contributed by atoms with Gasteiger partial charge in [0.05, 0.1) is 46.6 Å². The maximum atomic E-state index is 15.3. The number of aromatic nitrogens is 3. The molecule has 1 fully saturated rings. The summed E-state index contributed by atoms with van der Waals surface area (Å²) in [6, 6.07) is 9.91. The second-order valence-corrected chi connectivity index (χ2v) is 12.4. The summed E-state index contributed by atoms with van der Waals surface area (Å²) in [5.74, 6) is -1.71. The summed E-state index contributed by atoms with van der Waals surface area (Å²) in [5.41, 5.74) is 0.422. The first kappa shape index (κ1) is 28.8. The van der Waals surface area contributed by atoms with E-state index >= 15 is 4.39 Å². The molecule has 2 heterocycles. The molecule has 5 rings (SSSR count). The van der Waals surface area contributed by atoms with Crippen LogP contribution in [0, 0.1) is 12.7 Å². The van der Waals surface area contributed by atoms with Crippen molar-refractivity contribution in [2.45, 2.75) is 56.4 Å². The van der Waals surface area contributed by atoms with E-state index in [9.17, 15) is 31.5 Å². The molecule has 1 unspecified atom stereocenters. The number of nitrogens with zero attached hydrogens (tertiary/aromatic N) is 3. The number of carbonyl (C=O) groups excluding carboxylic acids is 1. The van der Waals surface area contributed by atoms with Crippen molar-refractivity contribution in [3.8, 4) is 0 Å². The number of aryl methyl sites for hydroxylation is 1. The summed E-state index contributed by atoms with van der Waals surface area (Å²) >= 11 is 0. The zero-order valence-electron chi connectivity index (χ0n) is 22.2. The van der Waals surface area contributed by atoms with Gasteiger partial charge in [-0.1, -0.05) is 19.1 Å². The third-order valence-electron chi connectivity index (χ3n) is 7.18. The number of amides is 1. The summed E-state index contributed by atoms with van der Waals surface area (Å²) in [7, 11) is -3.43. The Morgan fingerprint density at radius 3 is 2.41 bits per heavy atom. The molecule has 0 spiro atoms. The van der Waals surface area contributed by atoms with E-state index in [4.69, 9.17) is 0 Å². The van der Waals surface area contributed by atoms with Crippen LogP contribution in [0.1, 0.15) is 64.9 Å². The Morgan fingerprint density at radius 1 is 1.15 bits per heavy atom. The zero-order chi connectivity index (χ0) is 29.7. The molecule has 0 saturated heterocycles. The van der Waals surface area contributed by atoms with Crippen LogP contribution in [0.5, 0.6) is 0 Å². The number of hydrogen-bond donors (Lipinski definition) is 2. The molecule has 2 aromatic carbocycles. The predicted molar refractivity (Wildman–Crippen MR) is 143 cm³/mol. The lowest BCUT2D eigenvalue weighted by atomic mass is 10.1. The van der Waals surface area contributed by atoms with Crippen LogP contribution in [-0.4, -0.2) is 46.1 Å². The summed E-state index contributed by atoms with van der Waals surface area (Å²) in [4.78, 5) is 13.2. The van der Waals surface area contributed by atoms with Gasteiger partial charge in [-0.2, -0.15) is 18.3 Å². The van der Waals surface area contributed by atoms with Gasteiger partial charge in [-0.05, 0) is 61.7 Å². The van der Waals surface area contributed by atoms with Crippen LogP contribution in [0.4, 0.5) is 17.6 Å². The van der Waals surface area contributed by atoms with Crippen molar-refractivity contribution in [1.29, 1.82) is 0 Å². The van der Waals surface area contributed by atoms with E-state index in [0.717, 1.165) is 23.6 Å². The van der Waals surface area contributed by atoms with Gasteiger partial charge < -0.3 is 15.0 Å². The number of aliphatic hydroxyl groups is 1. The number of aliphatic hydroxyl groups excluding tert-OH is 1. The number of fused-ring (bicyclic) bond motifs is 1. The Labute approximate surface area is 233 Å². The second kappa shape index (κ2) is 10.6. The molecule has 2 N–H and O–H groups in total. The fraction of sp³-hybridized carbons (Fsp3) is 0.357. The second-order valence-electron chi connectivity index (χ2n) is 10.1. The highest BCUT2D eigenvalue weighted by molar-refractivity contribution is 7.91. The maximum Gasteiger partial charge on any atom is 0.433 e. The Morgan fingerprint density at radius 2 is 1.83 bits per heavy atom. The first-order valence-electron chi connectivity index (χ1n) is 13.0. The molecule has 1 aliphatic rings. The van der Waals surface area contributed by atoms with Crippen LogP contribution in [0.2, 0.25) is 0 Å². The number of carbonyl (C=O) groups is 1. The van der Waals surface area contributed by atoms with Crippen molar-refractivity contribution < 1.29 is 35.9 Å². The minimum Gasteiger partial charge on any atom is -0.394 e. The van der Waals surface area contributed by atoms with E-state index in [-0.39, 0.29) is 34.5 Å². The van der Waals surface area contributed by atoms with Crippen molar-refractivity contribution in [2.24, 2.45) is 0 Å². The highest BCUT2D eigenvalue weighted by atomic mass is 32.2. The van der Waals surface area contributed by atoms with Crippen molar-refractivity contribution >= 4 is 26.6 Å². The number of nitrogens with one attached hydrogen (secondary N) is 1. The van der Waals surface area contributed by atoms with Crippen LogP contribution in [0.3, 0.4) is 0 Å². The molecule has 41 heavy (non-hydrogen) atoms. The quantitative estimate of drug-likeness (QED) is 0.268. The molecule has 1 saturated carbocycles. The molecule has 0 radical (unpaired) electrons. The molecule has 1 amide bonds. The fourth-order valence-electron chi connectivity index (χ4n) is 4.96. The van der Waals surface area contributed by atoms with Crippen molar-refractivity contribution in [3.63, 3.8) is 0 Å². The maximum absolute atomic E-state index is 15.3. The van der Waals surface area contributed by atoms with Gasteiger partial charge in [0.1, 0.15) is 11.5 Å². The number of sulfone groups is 1. The molecule has 4 aromatic rings. The van der Waals surface area contributed by atoms with Gasteiger partial charge in [0.15, 0.2) is 9.84 Å². The van der Waals surface area contributed by atoms with E-state index in [1.54, 1.807) is 10.6 Å². The smallest absolute Gasteiger partial charge is 0.394 e. The van der Waals surface area contributed by atoms with Crippen LogP contribution in [0.15, 0.2) is 53.4 Å². The lowest BCUT2D eigenvalue weighted by Crippen LogP contribution is -2.31. The number of rotatable bonds is 9. The summed E-state index contributed by atoms with van der Waals surface area (Å²) in [6.07, 6.45) is -3.01. The summed E-state index contributed by atoms with van der Waals surface area (Å²) in [5, 5.41) is 17.0. The fourth-order valence-corrected chi connectivity index (χ4v) is 5.84. The van der Waals surface area contributed by atoms with Crippen LogP contribution < -0.4 is 5.32 Å². The Balaban J connectivity index is 1.45. The van der Waals surface area contributed by atoms with Crippen LogP contribution >= 0.6 is 0 Å². The lowest BCUT2D eigenvalue weighted by molar-refractivity contribution is -0.144. The van der Waals surface area contributed by atoms with Gasteiger partial charge >= 0.3 is 6.18 Å². The van der Waals surface area contributed by atoms with Gasteiger partial charge in [0.25, 0.3) is 5.91 Å². The Bertz CT molecular complexity index is 1720. The molecule has 13 heteroatoms. The molecule has 1 aliphatic carbocycles. The first-order valence-corrected chi connectivity index (χ1v) is 14.7. The van der Waals surface area contributed by atoms with Crippen LogP contribution in [-0.2, 0) is 22.6 Å².